The molecule has 10 aromatic carbocycles. The maximum Gasteiger partial charge on any atom is 0.135 e. The normalized spacial score (nSPS) is 14.1. The number of hydrogen-bond donors (Lipinski definition) is 0. The smallest absolute Gasteiger partial charge is 0.135 e. The molecule has 0 N–H and O–H groups in total. The van der Waals surface area contributed by atoms with E-state index in [2.05, 4.69) is 248 Å². The third kappa shape index (κ3) is 5.28. The summed E-state index contributed by atoms with van der Waals surface area (Å²) in [5, 5.41) is 4.61. The Balaban J connectivity index is 1.05. The van der Waals surface area contributed by atoms with Gasteiger partial charge in [-0.3, -0.25) is 0 Å². The molecule has 2 heterocycles. The Bertz CT molecular complexity index is 3920. The highest BCUT2D eigenvalue weighted by Crippen LogP contribution is 2.57. The fourth-order valence-corrected chi connectivity index (χ4v) is 12.1. The second-order valence-electron chi connectivity index (χ2n) is 18.8. The van der Waals surface area contributed by atoms with Gasteiger partial charge in [0.1, 0.15) is 11.2 Å². The van der Waals surface area contributed by atoms with Crippen LogP contribution in [0.5, 0.6) is 0 Å². The zero-order valence-corrected chi connectivity index (χ0v) is 37.2. The summed E-state index contributed by atoms with van der Waals surface area (Å²) < 4.78 is 8.83. The van der Waals surface area contributed by atoms with Gasteiger partial charge < -0.3 is 13.9 Å². The lowest BCUT2D eigenvalue weighted by atomic mass is 9.67. The Kier molecular flexibility index (Phi) is 7.95. The van der Waals surface area contributed by atoms with Crippen molar-refractivity contribution in [1.82, 2.24) is 4.57 Å². The van der Waals surface area contributed by atoms with Gasteiger partial charge in [0.2, 0.25) is 0 Å². The molecule has 0 saturated heterocycles. The highest BCUT2D eigenvalue weighted by Gasteiger charge is 2.46. The van der Waals surface area contributed by atoms with Crippen LogP contribution in [0.15, 0.2) is 235 Å². The Labute approximate surface area is 389 Å². The van der Waals surface area contributed by atoms with Crippen molar-refractivity contribution in [3.05, 3.63) is 264 Å². The minimum absolute atomic E-state index is 0.159. The summed E-state index contributed by atoms with van der Waals surface area (Å²) in [6, 6.07) is 85.2. The molecule has 0 amide bonds. The largest absolute Gasteiger partial charge is 0.456 e. The predicted octanol–water partition coefficient (Wildman–Crippen LogP) is 16.8. The van der Waals surface area contributed by atoms with E-state index in [0.717, 1.165) is 50.2 Å². The van der Waals surface area contributed by atoms with Crippen LogP contribution in [-0.4, -0.2) is 4.57 Å². The fourth-order valence-electron chi connectivity index (χ4n) is 12.1. The van der Waals surface area contributed by atoms with Gasteiger partial charge >= 0.3 is 0 Å². The minimum Gasteiger partial charge on any atom is -0.456 e. The Morgan fingerprint density at radius 3 is 1.60 bits per heavy atom. The number of furan rings is 1. The number of rotatable bonds is 6. The average molecular weight is 857 g/mol. The van der Waals surface area contributed by atoms with Gasteiger partial charge in [-0.2, -0.15) is 0 Å². The summed E-state index contributed by atoms with van der Waals surface area (Å²) in [5.74, 6) is 0. The molecule has 12 aromatic rings. The molecule has 3 heteroatoms. The van der Waals surface area contributed by atoms with E-state index in [1.807, 2.05) is 6.07 Å². The second kappa shape index (κ2) is 14.1. The summed E-state index contributed by atoms with van der Waals surface area (Å²) in [5.41, 5.74) is 20.8. The van der Waals surface area contributed by atoms with Crippen LogP contribution in [0.2, 0.25) is 0 Å². The van der Waals surface area contributed by atoms with Crippen molar-refractivity contribution >= 4 is 60.8 Å². The topological polar surface area (TPSA) is 21.3 Å². The molecule has 2 aliphatic carbocycles. The Morgan fingerprint density at radius 2 is 0.866 bits per heavy atom. The van der Waals surface area contributed by atoms with Crippen molar-refractivity contribution in [1.29, 1.82) is 0 Å². The van der Waals surface area contributed by atoms with Crippen LogP contribution in [0, 0.1) is 0 Å². The van der Waals surface area contributed by atoms with E-state index in [0.29, 0.717) is 0 Å². The van der Waals surface area contributed by atoms with Gasteiger partial charge in [-0.1, -0.05) is 166 Å². The first-order chi connectivity index (χ1) is 33.0. The molecular weight excluding hydrogens is 813 g/mol. The van der Waals surface area contributed by atoms with Gasteiger partial charge in [-0.05, 0) is 134 Å². The lowest BCUT2D eigenvalue weighted by molar-refractivity contribution is 0.660. The van der Waals surface area contributed by atoms with Crippen molar-refractivity contribution in [2.75, 3.05) is 4.90 Å². The maximum absolute atomic E-state index is 6.39. The molecule has 0 bridgehead atoms. The first-order valence-corrected chi connectivity index (χ1v) is 23.3. The Morgan fingerprint density at radius 1 is 0.358 bits per heavy atom. The van der Waals surface area contributed by atoms with Gasteiger partial charge in [0.15, 0.2) is 0 Å². The highest BCUT2D eigenvalue weighted by molar-refractivity contribution is 6.12. The summed E-state index contributed by atoms with van der Waals surface area (Å²) >= 11 is 0. The van der Waals surface area contributed by atoms with E-state index in [9.17, 15) is 0 Å². The molecule has 67 heavy (non-hydrogen) atoms. The number of nitrogens with zero attached hydrogens (tertiary/aromatic N) is 2. The molecule has 0 saturated carbocycles. The number of aromatic nitrogens is 1. The first kappa shape index (κ1) is 37.9. The SMILES string of the molecule is CC1(C)c2ccccc2-c2ccc(N(c3ccc4oc5ccccc5c4c3)c3ccc4c(c3)c3cc(C5(c6ccccc6)c6ccccc6-c6ccccc65)ccc3n4-c3ccccc3)cc21. The van der Waals surface area contributed by atoms with Crippen molar-refractivity contribution < 1.29 is 4.42 Å². The fraction of sp³-hybridized carbons (Fsp3) is 0.0625. The molecule has 0 aliphatic heterocycles. The molecule has 2 aromatic heterocycles. The van der Waals surface area contributed by atoms with E-state index < -0.39 is 5.41 Å². The number of anilines is 3. The van der Waals surface area contributed by atoms with Crippen molar-refractivity contribution in [2.45, 2.75) is 24.7 Å². The van der Waals surface area contributed by atoms with Crippen molar-refractivity contribution in [3.8, 4) is 27.9 Å². The van der Waals surface area contributed by atoms with Crippen molar-refractivity contribution in [3.63, 3.8) is 0 Å². The molecule has 0 fully saturated rings. The molecule has 0 radical (unpaired) electrons. The molecule has 0 unspecified atom stereocenters. The van der Waals surface area contributed by atoms with E-state index in [4.69, 9.17) is 4.42 Å². The molecule has 0 atom stereocenters. The van der Waals surface area contributed by atoms with Crippen LogP contribution in [0.25, 0.3) is 71.7 Å². The first-order valence-electron chi connectivity index (χ1n) is 23.3. The third-order valence-electron chi connectivity index (χ3n) is 15.1. The second-order valence-corrected chi connectivity index (χ2v) is 18.8. The maximum atomic E-state index is 6.39. The summed E-state index contributed by atoms with van der Waals surface area (Å²) in [4.78, 5) is 2.45. The lowest BCUT2D eigenvalue weighted by Gasteiger charge is -2.34. The zero-order valence-electron chi connectivity index (χ0n) is 37.2. The summed E-state index contributed by atoms with van der Waals surface area (Å²) in [7, 11) is 0. The van der Waals surface area contributed by atoms with Crippen LogP contribution >= 0.6 is 0 Å². The van der Waals surface area contributed by atoms with Gasteiger partial charge in [-0.15, -0.1) is 0 Å². The Hall–Kier alpha value is -8.40. The monoisotopic (exact) mass is 856 g/mol. The minimum atomic E-state index is -0.523. The number of para-hydroxylation sites is 2. The number of hydrogen-bond acceptors (Lipinski definition) is 2. The van der Waals surface area contributed by atoms with Crippen LogP contribution in [0.1, 0.15) is 47.2 Å². The van der Waals surface area contributed by atoms with Gasteiger partial charge in [0.25, 0.3) is 0 Å². The quantitative estimate of drug-likeness (QED) is 0.166. The van der Waals surface area contributed by atoms with E-state index in [1.165, 1.54) is 71.9 Å². The van der Waals surface area contributed by atoms with Crippen LogP contribution in [0.4, 0.5) is 17.1 Å². The average Bonchev–Trinajstić information content (AvgIpc) is 4.08. The number of fused-ring (bicyclic) bond motifs is 12. The molecule has 0 spiro atoms. The summed E-state index contributed by atoms with van der Waals surface area (Å²) in [6.45, 7) is 4.72. The molecule has 2 aliphatic rings. The van der Waals surface area contributed by atoms with Crippen LogP contribution < -0.4 is 4.90 Å². The molecule has 3 nitrogen and oxygen atoms in total. The third-order valence-corrected chi connectivity index (χ3v) is 15.1. The number of benzene rings is 10. The standard InChI is InChI=1S/C64H44N2O/c1-63(2)55-25-13-9-21-47(55)50-33-30-46(40-58(50)63)65(45-32-36-62-54(39-45)51-24-12-16-28-61(51)67-62)44-31-35-60-53(38-44)52-37-42(29-34-59(52)66(60)43-19-7-4-8-20-43)64(41-17-5-3-6-18-41)56-26-14-10-22-48(56)49-23-11-15-27-57(49)64/h3-40H,1-2H3. The lowest BCUT2D eigenvalue weighted by Crippen LogP contribution is -2.28. The van der Waals surface area contributed by atoms with Crippen molar-refractivity contribution in [2.24, 2.45) is 0 Å². The zero-order chi connectivity index (χ0) is 44.4. The molecule has 316 valence electrons. The van der Waals surface area contributed by atoms with Crippen LogP contribution in [0.3, 0.4) is 0 Å². The van der Waals surface area contributed by atoms with Gasteiger partial charge in [0.05, 0.1) is 16.4 Å². The van der Waals surface area contributed by atoms with E-state index in [1.54, 1.807) is 0 Å². The summed E-state index contributed by atoms with van der Waals surface area (Å²) in [6.07, 6.45) is 0. The van der Waals surface area contributed by atoms with E-state index in [-0.39, 0.29) is 5.41 Å². The van der Waals surface area contributed by atoms with Gasteiger partial charge in [-0.25, -0.2) is 0 Å². The van der Waals surface area contributed by atoms with Crippen LogP contribution in [-0.2, 0) is 10.8 Å². The highest BCUT2D eigenvalue weighted by atomic mass is 16.3. The molecular formula is C64H44N2O. The van der Waals surface area contributed by atoms with Gasteiger partial charge in [0, 0.05) is 49.7 Å². The molecule has 14 rings (SSSR count). The van der Waals surface area contributed by atoms with E-state index >= 15 is 0 Å². The predicted molar refractivity (Wildman–Crippen MR) is 278 cm³/mol.